The van der Waals surface area contributed by atoms with Gasteiger partial charge in [-0.1, -0.05) is 6.92 Å². The number of likely N-dealkylation sites (tertiary alicyclic amines) is 1. The largest absolute Gasteiger partial charge is 0.445 e. The molecule has 2 saturated heterocycles. The second-order valence-electron chi connectivity index (χ2n) is 9.15. The van der Waals surface area contributed by atoms with E-state index in [-0.39, 0.29) is 36.9 Å². The van der Waals surface area contributed by atoms with Crippen LogP contribution in [0.3, 0.4) is 0 Å². The van der Waals surface area contributed by atoms with Gasteiger partial charge in [-0.3, -0.25) is 0 Å². The molecule has 0 aromatic carbocycles. The second-order valence-corrected chi connectivity index (χ2v) is 9.15. The van der Waals surface area contributed by atoms with Crippen molar-refractivity contribution in [3.63, 3.8) is 0 Å². The van der Waals surface area contributed by atoms with Crippen LogP contribution in [0.4, 0.5) is 16.6 Å². The third-order valence-corrected chi connectivity index (χ3v) is 6.40. The maximum Gasteiger partial charge on any atom is 0.410 e. The summed E-state index contributed by atoms with van der Waals surface area (Å²) in [4.78, 5) is 28.2. The molecular weight excluding hydrogens is 424 g/mol. The van der Waals surface area contributed by atoms with E-state index >= 15 is 0 Å². The number of carbonyl (C=O) groups is 1. The molecule has 0 radical (unpaired) electrons. The molecule has 182 valence electrons. The number of anilines is 2. The molecule has 0 saturated carbocycles. The number of nitrogens with one attached hydrogen (secondary N) is 3. The highest BCUT2D eigenvalue weighted by Crippen LogP contribution is 2.26. The van der Waals surface area contributed by atoms with Gasteiger partial charge in [0.25, 0.3) is 0 Å². The third kappa shape index (κ3) is 5.47. The van der Waals surface area contributed by atoms with Crippen molar-refractivity contribution in [1.82, 2.24) is 29.7 Å². The summed E-state index contributed by atoms with van der Waals surface area (Å²) in [6.45, 7) is 9.10. The van der Waals surface area contributed by atoms with Gasteiger partial charge in [0.15, 0.2) is 17.0 Å². The molecule has 11 heteroatoms. The fraction of sp³-hybridized carbons (Fsp3) is 0.727. The standard InChI is InChI=1S/C22H36N8O3/c1-4-15(12-31)26-21-27-19(18-20(28-21)30(13-24-18)14(2)3)25-16-6-9-29(10-7-16)22(32)33-17-5-8-23-11-17/h13-17,23,31H,4-12H2,1-3H3,(H2,25,26,27,28)/t15-,17+/m1/s1. The van der Waals surface area contributed by atoms with Crippen LogP contribution in [0.1, 0.15) is 52.5 Å². The van der Waals surface area contributed by atoms with Crippen molar-refractivity contribution in [3.8, 4) is 0 Å². The van der Waals surface area contributed by atoms with Crippen LogP contribution < -0.4 is 16.0 Å². The zero-order valence-corrected chi connectivity index (χ0v) is 19.8. The van der Waals surface area contributed by atoms with Crippen LogP contribution in [0.5, 0.6) is 0 Å². The first-order valence-electron chi connectivity index (χ1n) is 12.0. The van der Waals surface area contributed by atoms with Gasteiger partial charge in [-0.25, -0.2) is 9.78 Å². The Kier molecular flexibility index (Phi) is 7.49. The molecule has 2 aliphatic heterocycles. The molecule has 0 unspecified atom stereocenters. The van der Waals surface area contributed by atoms with Crippen molar-refractivity contribution in [3.05, 3.63) is 6.33 Å². The van der Waals surface area contributed by atoms with Gasteiger partial charge in [0.2, 0.25) is 5.95 Å². The lowest BCUT2D eigenvalue weighted by Crippen LogP contribution is -2.44. The van der Waals surface area contributed by atoms with E-state index < -0.39 is 0 Å². The molecule has 0 aliphatic carbocycles. The zero-order chi connectivity index (χ0) is 23.4. The minimum Gasteiger partial charge on any atom is -0.445 e. The number of fused-ring (bicyclic) bond motifs is 1. The van der Waals surface area contributed by atoms with Gasteiger partial charge in [0.1, 0.15) is 6.10 Å². The molecule has 1 amide bonds. The maximum absolute atomic E-state index is 12.5. The molecular formula is C22H36N8O3. The highest BCUT2D eigenvalue weighted by atomic mass is 16.6. The van der Waals surface area contributed by atoms with Crippen molar-refractivity contribution in [2.24, 2.45) is 0 Å². The summed E-state index contributed by atoms with van der Waals surface area (Å²) in [6, 6.07) is 0.252. The Morgan fingerprint density at radius 3 is 2.73 bits per heavy atom. The Morgan fingerprint density at radius 2 is 2.09 bits per heavy atom. The lowest BCUT2D eigenvalue weighted by molar-refractivity contribution is 0.0641. The normalized spacial score (nSPS) is 20.4. The molecule has 4 rings (SSSR count). The Bertz CT molecular complexity index is 931. The van der Waals surface area contributed by atoms with Crippen LogP contribution in [-0.2, 0) is 4.74 Å². The first-order chi connectivity index (χ1) is 16.0. The Labute approximate surface area is 194 Å². The van der Waals surface area contributed by atoms with Gasteiger partial charge >= 0.3 is 6.09 Å². The van der Waals surface area contributed by atoms with Crippen LogP contribution in [0.25, 0.3) is 11.2 Å². The van der Waals surface area contributed by atoms with Crippen LogP contribution in [-0.4, -0.2) is 86.6 Å². The summed E-state index contributed by atoms with van der Waals surface area (Å²) in [5.41, 5.74) is 1.48. The summed E-state index contributed by atoms with van der Waals surface area (Å²) >= 11 is 0. The van der Waals surface area contributed by atoms with Gasteiger partial charge in [-0.2, -0.15) is 9.97 Å². The molecule has 4 heterocycles. The van der Waals surface area contributed by atoms with E-state index in [2.05, 4.69) is 39.8 Å². The summed E-state index contributed by atoms with van der Waals surface area (Å²) in [7, 11) is 0. The molecule has 2 atom stereocenters. The molecule has 2 fully saturated rings. The number of nitrogens with zero attached hydrogens (tertiary/aromatic N) is 5. The van der Waals surface area contributed by atoms with E-state index in [1.54, 1.807) is 11.2 Å². The molecule has 0 spiro atoms. The molecule has 0 bridgehead atoms. The lowest BCUT2D eigenvalue weighted by Gasteiger charge is -2.32. The lowest BCUT2D eigenvalue weighted by atomic mass is 10.1. The molecule has 33 heavy (non-hydrogen) atoms. The van der Waals surface area contributed by atoms with Gasteiger partial charge in [-0.15, -0.1) is 0 Å². The van der Waals surface area contributed by atoms with E-state index in [0.29, 0.717) is 24.9 Å². The molecule has 2 aliphatic rings. The first-order valence-corrected chi connectivity index (χ1v) is 12.0. The van der Waals surface area contributed by atoms with Gasteiger partial charge < -0.3 is 35.3 Å². The van der Waals surface area contributed by atoms with E-state index in [1.165, 1.54) is 0 Å². The molecule has 2 aromatic heterocycles. The third-order valence-electron chi connectivity index (χ3n) is 6.40. The zero-order valence-electron chi connectivity index (χ0n) is 19.8. The van der Waals surface area contributed by atoms with Gasteiger partial charge in [0, 0.05) is 31.7 Å². The SMILES string of the molecule is CC[C@H](CO)Nc1nc(NC2CCN(C(=O)O[C@H]3CCNC3)CC2)c2ncn(C(C)C)c2n1. The van der Waals surface area contributed by atoms with Crippen molar-refractivity contribution in [2.45, 2.75) is 70.7 Å². The van der Waals surface area contributed by atoms with Gasteiger partial charge in [-0.05, 0) is 46.1 Å². The Balaban J connectivity index is 1.45. The number of piperidine rings is 1. The number of hydrogen-bond acceptors (Lipinski definition) is 9. The van der Waals surface area contributed by atoms with E-state index in [1.807, 2.05) is 11.5 Å². The number of aromatic nitrogens is 4. The number of aliphatic hydroxyl groups excluding tert-OH is 1. The molecule has 11 nitrogen and oxygen atoms in total. The van der Waals surface area contributed by atoms with Crippen molar-refractivity contribution in [2.75, 3.05) is 43.4 Å². The molecule has 2 aromatic rings. The summed E-state index contributed by atoms with van der Waals surface area (Å²) in [5, 5.41) is 19.6. The maximum atomic E-state index is 12.5. The second kappa shape index (κ2) is 10.5. The van der Waals surface area contributed by atoms with Crippen LogP contribution in [0, 0.1) is 0 Å². The number of hydrogen-bond donors (Lipinski definition) is 4. The summed E-state index contributed by atoms with van der Waals surface area (Å²) in [6.07, 6.45) is 4.78. The number of imidazole rings is 1. The minimum atomic E-state index is -0.219. The summed E-state index contributed by atoms with van der Waals surface area (Å²) < 4.78 is 7.62. The number of amides is 1. The smallest absolute Gasteiger partial charge is 0.410 e. The monoisotopic (exact) mass is 460 g/mol. The predicted molar refractivity (Wildman–Crippen MR) is 126 cm³/mol. The average molecular weight is 461 g/mol. The van der Waals surface area contributed by atoms with Crippen LogP contribution in [0.2, 0.25) is 0 Å². The van der Waals surface area contributed by atoms with Gasteiger partial charge in [0.05, 0.1) is 19.0 Å². The number of ether oxygens (including phenoxy) is 1. The average Bonchev–Trinajstić information content (AvgIpc) is 3.48. The predicted octanol–water partition coefficient (Wildman–Crippen LogP) is 1.96. The Hall–Kier alpha value is -2.66. The van der Waals surface area contributed by atoms with Crippen molar-refractivity contribution >= 4 is 29.0 Å². The van der Waals surface area contributed by atoms with Crippen LogP contribution >= 0.6 is 0 Å². The Morgan fingerprint density at radius 1 is 1.30 bits per heavy atom. The topological polar surface area (TPSA) is 129 Å². The summed E-state index contributed by atoms with van der Waals surface area (Å²) in [5.74, 6) is 1.15. The number of aliphatic hydroxyl groups is 1. The fourth-order valence-electron chi connectivity index (χ4n) is 4.26. The van der Waals surface area contributed by atoms with Crippen molar-refractivity contribution < 1.29 is 14.6 Å². The van der Waals surface area contributed by atoms with Crippen LogP contribution in [0.15, 0.2) is 6.33 Å². The molecule has 4 N–H and O–H groups in total. The van der Waals surface area contributed by atoms with Crippen molar-refractivity contribution in [1.29, 1.82) is 0 Å². The van der Waals surface area contributed by atoms with E-state index in [9.17, 15) is 9.90 Å². The highest BCUT2D eigenvalue weighted by Gasteiger charge is 2.28. The minimum absolute atomic E-state index is 0.00950. The fourth-order valence-corrected chi connectivity index (χ4v) is 4.26. The van der Waals surface area contributed by atoms with E-state index in [4.69, 9.17) is 9.72 Å². The first kappa shape index (κ1) is 23.5. The highest BCUT2D eigenvalue weighted by molar-refractivity contribution is 5.84. The number of carbonyl (C=O) groups excluding carboxylic acids is 1. The van der Waals surface area contributed by atoms with E-state index in [0.717, 1.165) is 49.9 Å². The number of rotatable bonds is 8. The quantitative estimate of drug-likeness (QED) is 0.467.